The molecule has 0 saturated heterocycles. The van der Waals surface area contributed by atoms with E-state index in [1.807, 2.05) is 24.3 Å². The SMILES string of the molecule is C/C(=N\O)c1ccc(OCCOCC(C)C)cc1. The fraction of sp³-hybridized carbons (Fsp3) is 0.500. The van der Waals surface area contributed by atoms with Gasteiger partial charge in [-0.25, -0.2) is 0 Å². The van der Waals surface area contributed by atoms with E-state index in [1.54, 1.807) is 6.92 Å². The fourth-order valence-electron chi connectivity index (χ4n) is 1.39. The van der Waals surface area contributed by atoms with Gasteiger partial charge in [-0.15, -0.1) is 0 Å². The van der Waals surface area contributed by atoms with E-state index in [1.165, 1.54) is 0 Å². The van der Waals surface area contributed by atoms with Gasteiger partial charge in [0.05, 0.1) is 12.3 Å². The van der Waals surface area contributed by atoms with Crippen molar-refractivity contribution in [3.05, 3.63) is 29.8 Å². The molecule has 0 aromatic heterocycles. The Hall–Kier alpha value is -1.55. The number of hydrogen-bond donors (Lipinski definition) is 1. The van der Waals surface area contributed by atoms with Gasteiger partial charge in [-0.3, -0.25) is 0 Å². The molecule has 1 rings (SSSR count). The third-order valence-corrected chi connectivity index (χ3v) is 2.37. The standard InChI is InChI=1S/C14H21NO3/c1-11(2)10-17-8-9-18-14-6-4-13(5-7-14)12(3)15-16/h4-7,11,16H,8-10H2,1-3H3/b15-12+. The van der Waals surface area contributed by atoms with Gasteiger partial charge in [-0.2, -0.15) is 0 Å². The molecule has 1 aromatic carbocycles. The third-order valence-electron chi connectivity index (χ3n) is 2.37. The first-order chi connectivity index (χ1) is 8.63. The maximum atomic E-state index is 8.64. The van der Waals surface area contributed by atoms with Crippen LogP contribution >= 0.6 is 0 Å². The summed E-state index contributed by atoms with van der Waals surface area (Å²) in [7, 11) is 0. The maximum Gasteiger partial charge on any atom is 0.119 e. The molecule has 0 bridgehead atoms. The molecule has 1 aromatic rings. The van der Waals surface area contributed by atoms with E-state index >= 15 is 0 Å². The number of nitrogens with zero attached hydrogens (tertiary/aromatic N) is 1. The molecule has 4 heteroatoms. The Balaban J connectivity index is 2.31. The lowest BCUT2D eigenvalue weighted by Crippen LogP contribution is -2.10. The first-order valence-electron chi connectivity index (χ1n) is 6.13. The summed E-state index contributed by atoms with van der Waals surface area (Å²) in [5.74, 6) is 1.34. The highest BCUT2D eigenvalue weighted by atomic mass is 16.5. The summed E-state index contributed by atoms with van der Waals surface area (Å²) >= 11 is 0. The molecule has 0 amide bonds. The monoisotopic (exact) mass is 251 g/mol. The van der Waals surface area contributed by atoms with Crippen LogP contribution in [0.25, 0.3) is 0 Å². The zero-order chi connectivity index (χ0) is 13.4. The van der Waals surface area contributed by atoms with Crippen LogP contribution in [0.2, 0.25) is 0 Å². The predicted octanol–water partition coefficient (Wildman–Crippen LogP) is 2.94. The lowest BCUT2D eigenvalue weighted by Gasteiger charge is -2.09. The van der Waals surface area contributed by atoms with Crippen molar-refractivity contribution in [2.75, 3.05) is 19.8 Å². The zero-order valence-corrected chi connectivity index (χ0v) is 11.2. The lowest BCUT2D eigenvalue weighted by molar-refractivity contribution is 0.0819. The Morgan fingerprint density at radius 2 is 1.89 bits per heavy atom. The van der Waals surface area contributed by atoms with Crippen LogP contribution in [-0.2, 0) is 4.74 Å². The largest absolute Gasteiger partial charge is 0.491 e. The normalized spacial score (nSPS) is 11.9. The highest BCUT2D eigenvalue weighted by Crippen LogP contribution is 2.12. The molecule has 0 aliphatic rings. The van der Waals surface area contributed by atoms with E-state index in [9.17, 15) is 0 Å². The van der Waals surface area contributed by atoms with E-state index < -0.39 is 0 Å². The molecule has 0 atom stereocenters. The van der Waals surface area contributed by atoms with Gasteiger partial charge in [-0.1, -0.05) is 19.0 Å². The van der Waals surface area contributed by atoms with Crippen LogP contribution < -0.4 is 4.74 Å². The van der Waals surface area contributed by atoms with Gasteiger partial charge >= 0.3 is 0 Å². The van der Waals surface area contributed by atoms with E-state index in [0.717, 1.165) is 17.9 Å². The molecule has 4 nitrogen and oxygen atoms in total. The van der Waals surface area contributed by atoms with Crippen molar-refractivity contribution < 1.29 is 14.7 Å². The number of oxime groups is 1. The van der Waals surface area contributed by atoms with Gasteiger partial charge in [0.2, 0.25) is 0 Å². The second-order valence-electron chi connectivity index (χ2n) is 4.53. The molecular formula is C14H21NO3. The molecule has 0 heterocycles. The summed E-state index contributed by atoms with van der Waals surface area (Å²) in [6.45, 7) is 7.87. The second kappa shape index (κ2) is 7.71. The molecule has 100 valence electrons. The van der Waals surface area contributed by atoms with Crippen molar-refractivity contribution >= 4 is 5.71 Å². The molecule has 0 saturated carbocycles. The first kappa shape index (κ1) is 14.5. The van der Waals surface area contributed by atoms with Gasteiger partial charge in [0.1, 0.15) is 12.4 Å². The quantitative estimate of drug-likeness (QED) is 0.351. The van der Waals surface area contributed by atoms with E-state index in [0.29, 0.717) is 24.8 Å². The van der Waals surface area contributed by atoms with Crippen LogP contribution in [0.3, 0.4) is 0 Å². The summed E-state index contributed by atoms with van der Waals surface area (Å²) in [4.78, 5) is 0. The van der Waals surface area contributed by atoms with Crippen molar-refractivity contribution in [2.24, 2.45) is 11.1 Å². The predicted molar refractivity (Wildman–Crippen MR) is 71.6 cm³/mol. The van der Waals surface area contributed by atoms with Crippen LogP contribution in [0.15, 0.2) is 29.4 Å². The minimum Gasteiger partial charge on any atom is -0.491 e. The van der Waals surface area contributed by atoms with Crippen LogP contribution in [0.4, 0.5) is 0 Å². The highest BCUT2D eigenvalue weighted by molar-refractivity contribution is 5.98. The Bertz CT molecular complexity index is 371. The van der Waals surface area contributed by atoms with Crippen molar-refractivity contribution in [1.29, 1.82) is 0 Å². The van der Waals surface area contributed by atoms with Crippen LogP contribution in [0, 0.1) is 5.92 Å². The van der Waals surface area contributed by atoms with Gasteiger partial charge in [0, 0.05) is 6.61 Å². The molecule has 0 spiro atoms. The van der Waals surface area contributed by atoms with Crippen molar-refractivity contribution in [1.82, 2.24) is 0 Å². The molecule has 0 aliphatic heterocycles. The van der Waals surface area contributed by atoms with Crippen LogP contribution in [0.1, 0.15) is 26.3 Å². The topological polar surface area (TPSA) is 51.1 Å². The van der Waals surface area contributed by atoms with E-state index in [2.05, 4.69) is 19.0 Å². The van der Waals surface area contributed by atoms with Crippen molar-refractivity contribution in [3.8, 4) is 5.75 Å². The summed E-state index contributed by atoms with van der Waals surface area (Å²) in [6.07, 6.45) is 0. The number of rotatable bonds is 7. The number of hydrogen-bond acceptors (Lipinski definition) is 4. The smallest absolute Gasteiger partial charge is 0.119 e. The average molecular weight is 251 g/mol. The summed E-state index contributed by atoms with van der Waals surface area (Å²) < 4.78 is 10.9. The molecule has 18 heavy (non-hydrogen) atoms. The summed E-state index contributed by atoms with van der Waals surface area (Å²) in [5.41, 5.74) is 1.46. The summed E-state index contributed by atoms with van der Waals surface area (Å²) in [6, 6.07) is 7.43. The number of ether oxygens (including phenoxy) is 2. The molecule has 0 fully saturated rings. The van der Waals surface area contributed by atoms with Crippen LogP contribution in [0.5, 0.6) is 5.75 Å². The Morgan fingerprint density at radius 1 is 1.22 bits per heavy atom. The second-order valence-corrected chi connectivity index (χ2v) is 4.53. The van der Waals surface area contributed by atoms with Gasteiger partial charge in [0.15, 0.2) is 0 Å². The van der Waals surface area contributed by atoms with Gasteiger partial charge < -0.3 is 14.7 Å². The number of benzene rings is 1. The first-order valence-corrected chi connectivity index (χ1v) is 6.13. The Labute approximate surface area is 108 Å². The molecule has 0 unspecified atom stereocenters. The zero-order valence-electron chi connectivity index (χ0n) is 11.2. The molecule has 0 aliphatic carbocycles. The van der Waals surface area contributed by atoms with E-state index in [4.69, 9.17) is 14.7 Å². The van der Waals surface area contributed by atoms with Crippen LogP contribution in [-0.4, -0.2) is 30.7 Å². The lowest BCUT2D eigenvalue weighted by atomic mass is 10.1. The summed E-state index contributed by atoms with van der Waals surface area (Å²) in [5, 5.41) is 11.8. The van der Waals surface area contributed by atoms with Crippen molar-refractivity contribution in [2.45, 2.75) is 20.8 Å². The van der Waals surface area contributed by atoms with Gasteiger partial charge in [0.25, 0.3) is 0 Å². The minimum atomic E-state index is 0.541. The highest BCUT2D eigenvalue weighted by Gasteiger charge is 1.99. The average Bonchev–Trinajstić information content (AvgIpc) is 2.38. The fourth-order valence-corrected chi connectivity index (χ4v) is 1.39. The maximum absolute atomic E-state index is 8.64. The molecule has 0 radical (unpaired) electrons. The van der Waals surface area contributed by atoms with Gasteiger partial charge in [-0.05, 0) is 42.7 Å². The minimum absolute atomic E-state index is 0.541. The molecular weight excluding hydrogens is 230 g/mol. The molecule has 1 N–H and O–H groups in total. The Morgan fingerprint density at radius 3 is 2.44 bits per heavy atom. The van der Waals surface area contributed by atoms with Crippen molar-refractivity contribution in [3.63, 3.8) is 0 Å². The third kappa shape index (κ3) is 5.19. The Kier molecular flexibility index (Phi) is 6.22. The van der Waals surface area contributed by atoms with E-state index in [-0.39, 0.29) is 0 Å².